The lowest BCUT2D eigenvalue weighted by Gasteiger charge is -2.03. The van der Waals surface area contributed by atoms with Crippen molar-refractivity contribution in [2.24, 2.45) is 0 Å². The van der Waals surface area contributed by atoms with Gasteiger partial charge in [-0.1, -0.05) is 23.7 Å². The summed E-state index contributed by atoms with van der Waals surface area (Å²) in [7, 11) is 1.65. The highest BCUT2D eigenvalue weighted by molar-refractivity contribution is 6.29. The molecule has 0 amide bonds. The number of halogens is 1. The van der Waals surface area contributed by atoms with Crippen molar-refractivity contribution in [1.29, 1.82) is 0 Å². The lowest BCUT2D eigenvalue weighted by atomic mass is 10.1. The third-order valence-corrected chi connectivity index (χ3v) is 2.99. The summed E-state index contributed by atoms with van der Waals surface area (Å²) in [6.07, 6.45) is 0.617. The quantitative estimate of drug-likeness (QED) is 0.736. The van der Waals surface area contributed by atoms with Crippen molar-refractivity contribution in [2.75, 3.05) is 7.11 Å². The average Bonchev–Trinajstić information content (AvgIpc) is 2.81. The summed E-state index contributed by atoms with van der Waals surface area (Å²) in [5, 5.41) is 12.8. The Hall–Kier alpha value is -2.14. The Bertz CT molecular complexity index is 725. The van der Waals surface area contributed by atoms with Crippen molar-refractivity contribution in [3.8, 4) is 5.75 Å². The van der Waals surface area contributed by atoms with E-state index in [-0.39, 0.29) is 0 Å². The zero-order valence-corrected chi connectivity index (χ0v) is 11.0. The number of hydrogen-bond donors (Lipinski definition) is 0. The first-order valence-corrected chi connectivity index (χ1v) is 6.14. The van der Waals surface area contributed by atoms with Gasteiger partial charge in [0.05, 0.1) is 7.11 Å². The van der Waals surface area contributed by atoms with Crippen LogP contribution in [0.25, 0.3) is 5.65 Å². The van der Waals surface area contributed by atoms with E-state index in [9.17, 15) is 0 Å². The number of hydrogen-bond acceptors (Lipinski definition) is 4. The summed E-state index contributed by atoms with van der Waals surface area (Å²) >= 11 is 5.89. The van der Waals surface area contributed by atoms with Crippen LogP contribution in [0.1, 0.15) is 11.4 Å². The molecule has 3 rings (SSSR count). The second-order valence-electron chi connectivity index (χ2n) is 4.07. The molecule has 0 radical (unpaired) electrons. The molecule has 0 saturated heterocycles. The van der Waals surface area contributed by atoms with Crippen molar-refractivity contribution in [3.63, 3.8) is 0 Å². The maximum absolute atomic E-state index is 5.89. The fraction of sp³-hybridized carbons (Fsp3) is 0.154. The molecular formula is C13H11ClN4O. The maximum Gasteiger partial charge on any atom is 0.178 e. The van der Waals surface area contributed by atoms with Crippen LogP contribution in [0, 0.1) is 0 Å². The van der Waals surface area contributed by atoms with Gasteiger partial charge in [0.15, 0.2) is 11.5 Å². The number of fused-ring (bicyclic) bond motifs is 1. The average molecular weight is 275 g/mol. The van der Waals surface area contributed by atoms with Gasteiger partial charge in [-0.2, -0.15) is 9.61 Å². The van der Waals surface area contributed by atoms with Crippen LogP contribution in [0.5, 0.6) is 5.75 Å². The summed E-state index contributed by atoms with van der Waals surface area (Å²) in [5.74, 6) is 1.56. The molecule has 0 aliphatic heterocycles. The van der Waals surface area contributed by atoms with E-state index in [4.69, 9.17) is 16.3 Å². The Morgan fingerprint density at radius 1 is 1.21 bits per heavy atom. The van der Waals surface area contributed by atoms with Crippen molar-refractivity contribution in [3.05, 3.63) is 52.9 Å². The molecule has 19 heavy (non-hydrogen) atoms. The lowest BCUT2D eigenvalue weighted by Crippen LogP contribution is -2.00. The topological polar surface area (TPSA) is 52.3 Å². The molecule has 2 aromatic heterocycles. The van der Waals surface area contributed by atoms with Crippen LogP contribution in [0.3, 0.4) is 0 Å². The third kappa shape index (κ3) is 2.37. The number of methoxy groups -OCH3 is 1. The van der Waals surface area contributed by atoms with Gasteiger partial charge in [-0.05, 0) is 29.8 Å². The van der Waals surface area contributed by atoms with Crippen LogP contribution >= 0.6 is 11.6 Å². The van der Waals surface area contributed by atoms with Crippen molar-refractivity contribution in [2.45, 2.75) is 6.42 Å². The number of rotatable bonds is 3. The molecule has 0 aliphatic rings. The van der Waals surface area contributed by atoms with Gasteiger partial charge in [0, 0.05) is 6.42 Å². The number of benzene rings is 1. The highest BCUT2D eigenvalue weighted by Crippen LogP contribution is 2.16. The number of ether oxygens (including phenoxy) is 1. The monoisotopic (exact) mass is 274 g/mol. The molecule has 96 valence electrons. The summed E-state index contributed by atoms with van der Waals surface area (Å²) in [6, 6.07) is 11.3. The smallest absolute Gasteiger partial charge is 0.178 e. The van der Waals surface area contributed by atoms with E-state index in [0.29, 0.717) is 17.2 Å². The first-order valence-electron chi connectivity index (χ1n) is 5.76. The summed E-state index contributed by atoms with van der Waals surface area (Å²) < 4.78 is 6.86. The van der Waals surface area contributed by atoms with Gasteiger partial charge < -0.3 is 4.74 Å². The summed E-state index contributed by atoms with van der Waals surface area (Å²) in [5.41, 5.74) is 1.76. The van der Waals surface area contributed by atoms with Gasteiger partial charge in [0.1, 0.15) is 10.9 Å². The number of nitrogens with zero attached hydrogens (tertiary/aromatic N) is 4. The molecule has 3 aromatic rings. The summed E-state index contributed by atoms with van der Waals surface area (Å²) in [4.78, 5) is 0. The molecule has 0 unspecified atom stereocenters. The molecule has 2 heterocycles. The van der Waals surface area contributed by atoms with Crippen LogP contribution in [0.4, 0.5) is 0 Å². The van der Waals surface area contributed by atoms with Gasteiger partial charge in [-0.3, -0.25) is 0 Å². The largest absolute Gasteiger partial charge is 0.497 e. The predicted octanol–water partition coefficient (Wildman–Crippen LogP) is 2.38. The normalized spacial score (nSPS) is 10.8. The standard InChI is InChI=1S/C13H11ClN4O/c1-19-10-4-2-3-9(7-10)8-13-16-15-12-6-5-11(14)17-18(12)13/h2-7H,8H2,1H3. The van der Waals surface area contributed by atoms with Gasteiger partial charge >= 0.3 is 0 Å². The SMILES string of the molecule is COc1cccc(Cc2nnc3ccc(Cl)nn23)c1. The Morgan fingerprint density at radius 3 is 2.95 bits per heavy atom. The van der Waals surface area contributed by atoms with E-state index in [1.54, 1.807) is 23.8 Å². The molecule has 0 atom stereocenters. The van der Waals surface area contributed by atoms with Gasteiger partial charge in [0.2, 0.25) is 0 Å². The maximum atomic E-state index is 5.89. The minimum atomic E-state index is 0.416. The highest BCUT2D eigenvalue weighted by Gasteiger charge is 2.08. The van der Waals surface area contributed by atoms with E-state index in [1.807, 2.05) is 24.3 Å². The molecule has 6 heteroatoms. The van der Waals surface area contributed by atoms with Crippen LogP contribution in [0.15, 0.2) is 36.4 Å². The number of aromatic nitrogens is 4. The molecule has 1 aromatic carbocycles. The molecule has 0 aliphatic carbocycles. The zero-order valence-electron chi connectivity index (χ0n) is 10.2. The molecule has 0 fully saturated rings. The van der Waals surface area contributed by atoms with Crippen molar-refractivity contribution >= 4 is 17.2 Å². The van der Waals surface area contributed by atoms with E-state index >= 15 is 0 Å². The van der Waals surface area contributed by atoms with Crippen LogP contribution in [-0.2, 0) is 6.42 Å². The van der Waals surface area contributed by atoms with Gasteiger partial charge in [-0.25, -0.2) is 0 Å². The molecule has 0 bridgehead atoms. The third-order valence-electron chi connectivity index (χ3n) is 2.79. The molecule has 0 N–H and O–H groups in total. The van der Waals surface area contributed by atoms with Gasteiger partial charge in [0.25, 0.3) is 0 Å². The minimum absolute atomic E-state index is 0.416. The van der Waals surface area contributed by atoms with Crippen molar-refractivity contribution < 1.29 is 4.74 Å². The van der Waals surface area contributed by atoms with Crippen LogP contribution < -0.4 is 4.74 Å². The van der Waals surface area contributed by atoms with Gasteiger partial charge in [-0.15, -0.1) is 10.2 Å². The second kappa shape index (κ2) is 4.85. The van der Waals surface area contributed by atoms with Crippen LogP contribution in [0.2, 0.25) is 5.15 Å². The van der Waals surface area contributed by atoms with E-state index < -0.39 is 0 Å². The van der Waals surface area contributed by atoms with E-state index in [0.717, 1.165) is 17.1 Å². The molecular weight excluding hydrogens is 264 g/mol. The Kier molecular flexibility index (Phi) is 3.05. The minimum Gasteiger partial charge on any atom is -0.497 e. The zero-order chi connectivity index (χ0) is 13.2. The fourth-order valence-electron chi connectivity index (χ4n) is 1.89. The highest BCUT2D eigenvalue weighted by atomic mass is 35.5. The fourth-order valence-corrected chi connectivity index (χ4v) is 2.02. The Labute approximate surface area is 114 Å². The molecule has 0 spiro atoms. The van der Waals surface area contributed by atoms with E-state index in [1.165, 1.54) is 0 Å². The van der Waals surface area contributed by atoms with Crippen molar-refractivity contribution in [1.82, 2.24) is 19.8 Å². The first-order chi connectivity index (χ1) is 9.26. The predicted molar refractivity (Wildman–Crippen MR) is 71.6 cm³/mol. The second-order valence-corrected chi connectivity index (χ2v) is 4.46. The Balaban J connectivity index is 1.98. The molecule has 5 nitrogen and oxygen atoms in total. The summed E-state index contributed by atoms with van der Waals surface area (Å²) in [6.45, 7) is 0. The van der Waals surface area contributed by atoms with E-state index in [2.05, 4.69) is 15.3 Å². The molecule has 0 saturated carbocycles. The lowest BCUT2D eigenvalue weighted by molar-refractivity contribution is 0.414. The first kappa shape index (κ1) is 11.9. The van der Waals surface area contributed by atoms with Crippen LogP contribution in [-0.4, -0.2) is 26.9 Å². The Morgan fingerprint density at radius 2 is 2.11 bits per heavy atom.